The second kappa shape index (κ2) is 10.6. The summed E-state index contributed by atoms with van der Waals surface area (Å²) in [6.45, 7) is 4.38. The lowest BCUT2D eigenvalue weighted by molar-refractivity contribution is 0.0628. The number of hydrogen-bond acceptors (Lipinski definition) is 6. The maximum Gasteiger partial charge on any atom is 0.253 e. The molecule has 0 aliphatic carbocycles. The van der Waals surface area contributed by atoms with Crippen LogP contribution in [0.4, 0.5) is 0 Å². The van der Waals surface area contributed by atoms with Gasteiger partial charge in [0.15, 0.2) is 11.5 Å². The minimum atomic E-state index is 0.0294. The van der Waals surface area contributed by atoms with Crippen molar-refractivity contribution in [2.24, 2.45) is 0 Å². The molecule has 194 valence electrons. The van der Waals surface area contributed by atoms with Gasteiger partial charge in [0.2, 0.25) is 6.79 Å². The minimum absolute atomic E-state index is 0.0294. The Balaban J connectivity index is 1.10. The van der Waals surface area contributed by atoms with Crippen LogP contribution in [0.3, 0.4) is 0 Å². The number of carbonyl (C=O) groups excluding carboxylic acids is 1. The van der Waals surface area contributed by atoms with Crippen molar-refractivity contribution in [2.75, 3.05) is 40.1 Å². The van der Waals surface area contributed by atoms with Gasteiger partial charge in [0.05, 0.1) is 7.11 Å². The van der Waals surface area contributed by atoms with Gasteiger partial charge in [-0.2, -0.15) is 0 Å². The summed E-state index contributed by atoms with van der Waals surface area (Å²) in [5, 5.41) is 2.18. The quantitative estimate of drug-likeness (QED) is 0.344. The third kappa shape index (κ3) is 4.97. The average molecular weight is 511 g/mol. The summed E-state index contributed by atoms with van der Waals surface area (Å²) in [7, 11) is 1.64. The van der Waals surface area contributed by atoms with Crippen molar-refractivity contribution >= 4 is 16.7 Å². The van der Waals surface area contributed by atoms with Crippen molar-refractivity contribution in [3.63, 3.8) is 0 Å². The van der Waals surface area contributed by atoms with Gasteiger partial charge in [0.1, 0.15) is 18.1 Å². The molecule has 4 aromatic carbocycles. The topological polar surface area (TPSA) is 60.5 Å². The van der Waals surface area contributed by atoms with E-state index in [0.29, 0.717) is 31.0 Å². The van der Waals surface area contributed by atoms with Crippen molar-refractivity contribution in [1.29, 1.82) is 0 Å². The summed E-state index contributed by atoms with van der Waals surface area (Å²) in [4.78, 5) is 17.7. The van der Waals surface area contributed by atoms with E-state index >= 15 is 0 Å². The van der Waals surface area contributed by atoms with E-state index in [-0.39, 0.29) is 12.7 Å². The zero-order valence-corrected chi connectivity index (χ0v) is 21.4. The smallest absolute Gasteiger partial charge is 0.253 e. The number of rotatable bonds is 7. The number of amides is 1. The van der Waals surface area contributed by atoms with E-state index in [1.165, 1.54) is 5.56 Å². The van der Waals surface area contributed by atoms with Gasteiger partial charge >= 0.3 is 0 Å². The fraction of sp³-hybridized carbons (Fsp3) is 0.258. The Kier molecular flexibility index (Phi) is 6.75. The minimum Gasteiger partial charge on any atom is -0.496 e. The molecule has 38 heavy (non-hydrogen) atoms. The Labute approximate surface area is 222 Å². The van der Waals surface area contributed by atoms with Crippen molar-refractivity contribution in [1.82, 2.24) is 9.80 Å². The summed E-state index contributed by atoms with van der Waals surface area (Å²) >= 11 is 0. The molecular weight excluding hydrogens is 480 g/mol. The number of nitrogens with zero attached hydrogens (tertiary/aromatic N) is 2. The number of carbonyl (C=O) groups is 1. The summed E-state index contributed by atoms with van der Waals surface area (Å²) in [5.74, 6) is 3.14. The maximum absolute atomic E-state index is 13.4. The van der Waals surface area contributed by atoms with Crippen LogP contribution in [0.1, 0.15) is 21.5 Å². The molecule has 0 atom stereocenters. The highest BCUT2D eigenvalue weighted by Crippen LogP contribution is 2.33. The molecule has 2 aliphatic rings. The molecule has 0 aromatic heterocycles. The molecule has 0 radical (unpaired) electrons. The highest BCUT2D eigenvalue weighted by atomic mass is 16.7. The largest absolute Gasteiger partial charge is 0.496 e. The molecule has 1 fully saturated rings. The number of hydrogen-bond donors (Lipinski definition) is 0. The number of methoxy groups -OCH3 is 1. The van der Waals surface area contributed by atoms with Crippen LogP contribution in [0.2, 0.25) is 0 Å². The van der Waals surface area contributed by atoms with Crippen LogP contribution < -0.4 is 18.9 Å². The van der Waals surface area contributed by atoms with Gasteiger partial charge in [-0.25, -0.2) is 0 Å². The zero-order valence-electron chi connectivity index (χ0n) is 21.4. The molecular formula is C31H30N2O5. The van der Waals surface area contributed by atoms with E-state index in [4.69, 9.17) is 18.9 Å². The van der Waals surface area contributed by atoms with E-state index < -0.39 is 0 Å². The van der Waals surface area contributed by atoms with E-state index in [1.54, 1.807) is 7.11 Å². The van der Waals surface area contributed by atoms with Crippen LogP contribution in [0, 0.1) is 0 Å². The number of piperazine rings is 1. The molecule has 0 spiro atoms. The fourth-order valence-electron chi connectivity index (χ4n) is 5.09. The van der Waals surface area contributed by atoms with Gasteiger partial charge in [-0.1, -0.05) is 42.5 Å². The third-order valence-corrected chi connectivity index (χ3v) is 7.16. The van der Waals surface area contributed by atoms with Gasteiger partial charge in [0, 0.05) is 49.2 Å². The van der Waals surface area contributed by atoms with E-state index in [2.05, 4.69) is 23.1 Å². The number of benzene rings is 4. The Morgan fingerprint density at radius 1 is 0.842 bits per heavy atom. The highest BCUT2D eigenvalue weighted by molar-refractivity contribution is 5.94. The van der Waals surface area contributed by atoms with Crippen LogP contribution >= 0.6 is 0 Å². The second-order valence-electron chi connectivity index (χ2n) is 9.55. The molecule has 6 rings (SSSR count). The van der Waals surface area contributed by atoms with Crippen LogP contribution in [-0.2, 0) is 13.2 Å². The molecule has 1 amide bonds. The van der Waals surface area contributed by atoms with Crippen LogP contribution in [0.5, 0.6) is 23.0 Å². The van der Waals surface area contributed by atoms with E-state index in [1.807, 2.05) is 65.6 Å². The molecule has 4 aromatic rings. The van der Waals surface area contributed by atoms with Gasteiger partial charge in [0.25, 0.3) is 5.91 Å². The molecule has 0 bridgehead atoms. The molecule has 2 heterocycles. The second-order valence-corrected chi connectivity index (χ2v) is 9.55. The summed E-state index contributed by atoms with van der Waals surface area (Å²) in [5.41, 5.74) is 2.67. The van der Waals surface area contributed by atoms with Gasteiger partial charge in [-0.15, -0.1) is 0 Å². The Morgan fingerprint density at radius 3 is 2.53 bits per heavy atom. The first-order valence-corrected chi connectivity index (χ1v) is 12.9. The van der Waals surface area contributed by atoms with Crippen molar-refractivity contribution in [3.05, 3.63) is 95.6 Å². The first-order valence-electron chi connectivity index (χ1n) is 12.9. The van der Waals surface area contributed by atoms with Crippen molar-refractivity contribution < 1.29 is 23.7 Å². The van der Waals surface area contributed by atoms with Crippen molar-refractivity contribution in [3.8, 4) is 23.0 Å². The molecule has 1 saturated heterocycles. The average Bonchev–Trinajstić information content (AvgIpc) is 3.44. The normalized spacial score (nSPS) is 15.0. The molecule has 2 aliphatic heterocycles. The SMILES string of the molecule is COc1ccc(C(=O)N2CCN(Cc3ccc4c(c3)OCO4)CC2)cc1COc1cccc2ccccc12. The predicted octanol–water partition coefficient (Wildman–Crippen LogP) is 5.11. The first-order chi connectivity index (χ1) is 18.7. The lowest BCUT2D eigenvalue weighted by Crippen LogP contribution is -2.48. The molecule has 0 N–H and O–H groups in total. The van der Waals surface area contributed by atoms with Gasteiger partial charge in [-0.3, -0.25) is 9.69 Å². The Bertz CT molecular complexity index is 1460. The fourth-order valence-corrected chi connectivity index (χ4v) is 5.09. The lowest BCUT2D eigenvalue weighted by Gasteiger charge is -2.35. The van der Waals surface area contributed by atoms with Crippen LogP contribution in [0.25, 0.3) is 10.8 Å². The van der Waals surface area contributed by atoms with Gasteiger partial charge < -0.3 is 23.8 Å². The zero-order chi connectivity index (χ0) is 25.9. The Morgan fingerprint density at radius 2 is 1.66 bits per heavy atom. The highest BCUT2D eigenvalue weighted by Gasteiger charge is 2.24. The standard InChI is InChI=1S/C31H30N2O5/c1-35-27-12-10-24(18-25(27)20-36-28-8-4-6-23-5-2-3-7-26(23)28)31(34)33-15-13-32(14-16-33)19-22-9-11-29-30(17-22)38-21-37-29/h2-12,17-18H,13-16,19-21H2,1H3. The van der Waals surface area contributed by atoms with Crippen LogP contribution in [-0.4, -0.2) is 55.8 Å². The molecule has 7 heteroatoms. The maximum atomic E-state index is 13.4. The van der Waals surface area contributed by atoms with E-state index in [0.717, 1.165) is 53.2 Å². The molecule has 0 saturated carbocycles. The lowest BCUT2D eigenvalue weighted by atomic mass is 10.1. The monoisotopic (exact) mass is 510 g/mol. The van der Waals surface area contributed by atoms with Crippen LogP contribution in [0.15, 0.2) is 78.9 Å². The summed E-state index contributed by atoms with van der Waals surface area (Å²) in [6.07, 6.45) is 0. The summed E-state index contributed by atoms with van der Waals surface area (Å²) < 4.78 is 22.7. The predicted molar refractivity (Wildman–Crippen MR) is 145 cm³/mol. The first kappa shape index (κ1) is 24.1. The molecule has 7 nitrogen and oxygen atoms in total. The molecule has 0 unspecified atom stereocenters. The van der Waals surface area contributed by atoms with Gasteiger partial charge in [-0.05, 0) is 47.3 Å². The third-order valence-electron chi connectivity index (χ3n) is 7.16. The van der Waals surface area contributed by atoms with Crippen molar-refractivity contribution in [2.45, 2.75) is 13.2 Å². The van der Waals surface area contributed by atoms with E-state index in [9.17, 15) is 4.79 Å². The number of ether oxygens (including phenoxy) is 4. The summed E-state index contributed by atoms with van der Waals surface area (Å²) in [6, 6.07) is 25.8. The Hall–Kier alpha value is -4.23. The number of fused-ring (bicyclic) bond motifs is 2.